The molecule has 1 fully saturated rings. The first-order valence-electron chi connectivity index (χ1n) is 8.35. The maximum atomic E-state index is 12.7. The molecule has 2 heterocycles. The standard InChI is InChI=1S/C19H22ClN3O/c1-21-18-13-15(10-11-22-18)17-3-2-12-23(17)19(24)9-6-14-4-7-16(20)8-5-14/h4-5,7-8,10-11,13,17H,2-3,6,9,12H2,1H3,(H,21,22)/t17-/m1/s1. The smallest absolute Gasteiger partial charge is 0.223 e. The van der Waals surface area contributed by atoms with Gasteiger partial charge in [0.25, 0.3) is 0 Å². The number of nitrogens with zero attached hydrogens (tertiary/aromatic N) is 2. The number of likely N-dealkylation sites (tertiary alicyclic amines) is 1. The molecule has 0 spiro atoms. The average molecular weight is 344 g/mol. The van der Waals surface area contributed by atoms with Crippen LogP contribution in [0.1, 0.15) is 36.4 Å². The highest BCUT2D eigenvalue weighted by Gasteiger charge is 2.29. The van der Waals surface area contributed by atoms with E-state index in [1.165, 1.54) is 0 Å². The van der Waals surface area contributed by atoms with Crippen LogP contribution in [0.5, 0.6) is 0 Å². The monoisotopic (exact) mass is 343 g/mol. The van der Waals surface area contributed by atoms with E-state index in [0.717, 1.165) is 47.8 Å². The molecule has 2 aromatic rings. The molecular weight excluding hydrogens is 322 g/mol. The van der Waals surface area contributed by atoms with Crippen LogP contribution in [0.25, 0.3) is 0 Å². The van der Waals surface area contributed by atoms with E-state index in [2.05, 4.69) is 10.3 Å². The molecule has 1 aliphatic rings. The number of aryl methyl sites for hydroxylation is 1. The van der Waals surface area contributed by atoms with Gasteiger partial charge in [-0.05, 0) is 54.7 Å². The van der Waals surface area contributed by atoms with Crippen LogP contribution in [-0.4, -0.2) is 29.4 Å². The molecule has 1 N–H and O–H groups in total. The van der Waals surface area contributed by atoms with Crippen LogP contribution in [0.3, 0.4) is 0 Å². The number of hydrogen-bond acceptors (Lipinski definition) is 3. The quantitative estimate of drug-likeness (QED) is 0.890. The van der Waals surface area contributed by atoms with Crippen molar-refractivity contribution < 1.29 is 4.79 Å². The first kappa shape index (κ1) is 16.8. The summed E-state index contributed by atoms with van der Waals surface area (Å²) in [7, 11) is 1.86. The van der Waals surface area contributed by atoms with E-state index in [-0.39, 0.29) is 11.9 Å². The molecule has 0 bridgehead atoms. The molecule has 0 saturated carbocycles. The zero-order valence-electron chi connectivity index (χ0n) is 13.8. The maximum Gasteiger partial charge on any atom is 0.223 e. The number of carbonyl (C=O) groups is 1. The summed E-state index contributed by atoms with van der Waals surface area (Å²) in [5, 5.41) is 3.79. The summed E-state index contributed by atoms with van der Waals surface area (Å²) in [5.74, 6) is 1.06. The molecule has 5 heteroatoms. The van der Waals surface area contributed by atoms with Crippen molar-refractivity contribution in [1.82, 2.24) is 9.88 Å². The van der Waals surface area contributed by atoms with E-state index in [1.807, 2.05) is 48.3 Å². The molecule has 1 amide bonds. The molecule has 1 saturated heterocycles. The molecular formula is C19H22ClN3O. The van der Waals surface area contributed by atoms with Gasteiger partial charge in [0.2, 0.25) is 5.91 Å². The number of benzene rings is 1. The number of anilines is 1. The number of amides is 1. The summed E-state index contributed by atoms with van der Waals surface area (Å²) in [4.78, 5) is 19.0. The topological polar surface area (TPSA) is 45.2 Å². The van der Waals surface area contributed by atoms with Crippen molar-refractivity contribution in [3.63, 3.8) is 0 Å². The van der Waals surface area contributed by atoms with Crippen LogP contribution in [0.4, 0.5) is 5.82 Å². The molecule has 1 aromatic carbocycles. The minimum absolute atomic E-state index is 0.165. The highest BCUT2D eigenvalue weighted by Crippen LogP contribution is 2.33. The predicted octanol–water partition coefficient (Wildman–Crippen LogP) is 4.07. The van der Waals surface area contributed by atoms with E-state index in [0.29, 0.717) is 6.42 Å². The number of nitrogens with one attached hydrogen (secondary N) is 1. The minimum Gasteiger partial charge on any atom is -0.373 e. The molecule has 24 heavy (non-hydrogen) atoms. The third-order valence-electron chi connectivity index (χ3n) is 4.54. The van der Waals surface area contributed by atoms with Crippen molar-refractivity contribution in [1.29, 1.82) is 0 Å². The lowest BCUT2D eigenvalue weighted by molar-refractivity contribution is -0.132. The third-order valence-corrected chi connectivity index (χ3v) is 4.79. The molecule has 1 aromatic heterocycles. The van der Waals surface area contributed by atoms with Crippen molar-refractivity contribution in [3.05, 3.63) is 58.7 Å². The lowest BCUT2D eigenvalue weighted by Gasteiger charge is -2.25. The van der Waals surface area contributed by atoms with E-state index in [1.54, 1.807) is 6.20 Å². The van der Waals surface area contributed by atoms with Crippen molar-refractivity contribution in [3.8, 4) is 0 Å². The van der Waals surface area contributed by atoms with Gasteiger partial charge in [-0.2, -0.15) is 0 Å². The van der Waals surface area contributed by atoms with Gasteiger partial charge in [0.05, 0.1) is 6.04 Å². The van der Waals surface area contributed by atoms with Crippen molar-refractivity contribution in [2.75, 3.05) is 18.9 Å². The average Bonchev–Trinajstić information content (AvgIpc) is 3.11. The van der Waals surface area contributed by atoms with E-state index < -0.39 is 0 Å². The number of carbonyl (C=O) groups excluding carboxylic acids is 1. The SMILES string of the molecule is CNc1cc([C@H]2CCCN2C(=O)CCc2ccc(Cl)cc2)ccn1. The van der Waals surface area contributed by atoms with Crippen LogP contribution in [0, 0.1) is 0 Å². The Balaban J connectivity index is 1.65. The lowest BCUT2D eigenvalue weighted by Crippen LogP contribution is -2.30. The first-order valence-corrected chi connectivity index (χ1v) is 8.73. The van der Waals surface area contributed by atoms with Gasteiger partial charge in [0.15, 0.2) is 0 Å². The van der Waals surface area contributed by atoms with Gasteiger partial charge in [-0.3, -0.25) is 4.79 Å². The Labute approximate surface area is 147 Å². The Morgan fingerprint density at radius 2 is 2.12 bits per heavy atom. The first-order chi connectivity index (χ1) is 11.7. The van der Waals surface area contributed by atoms with E-state index >= 15 is 0 Å². The minimum atomic E-state index is 0.165. The van der Waals surface area contributed by atoms with Crippen molar-refractivity contribution in [2.24, 2.45) is 0 Å². The lowest BCUT2D eigenvalue weighted by atomic mass is 10.0. The van der Waals surface area contributed by atoms with E-state index in [9.17, 15) is 4.79 Å². The number of halogens is 1. The third kappa shape index (κ3) is 3.88. The second-order valence-corrected chi connectivity index (χ2v) is 6.53. The number of hydrogen-bond donors (Lipinski definition) is 1. The highest BCUT2D eigenvalue weighted by atomic mass is 35.5. The van der Waals surface area contributed by atoms with Gasteiger partial charge >= 0.3 is 0 Å². The Morgan fingerprint density at radius 1 is 1.33 bits per heavy atom. The molecule has 1 atom stereocenters. The van der Waals surface area contributed by atoms with E-state index in [4.69, 9.17) is 11.6 Å². The Kier molecular flexibility index (Phi) is 5.36. The Hall–Kier alpha value is -2.07. The molecule has 1 aliphatic heterocycles. The van der Waals surface area contributed by atoms with Crippen LogP contribution in [0.2, 0.25) is 5.02 Å². The fraction of sp³-hybridized carbons (Fsp3) is 0.368. The summed E-state index contributed by atoms with van der Waals surface area (Å²) in [6.45, 7) is 0.835. The van der Waals surface area contributed by atoms with Crippen molar-refractivity contribution in [2.45, 2.75) is 31.7 Å². The number of pyridine rings is 1. The van der Waals surface area contributed by atoms with Gasteiger partial charge in [-0.1, -0.05) is 23.7 Å². The fourth-order valence-electron chi connectivity index (χ4n) is 3.25. The fourth-order valence-corrected chi connectivity index (χ4v) is 3.37. The molecule has 126 valence electrons. The Bertz CT molecular complexity index is 702. The molecule has 0 unspecified atom stereocenters. The second-order valence-electron chi connectivity index (χ2n) is 6.10. The maximum absolute atomic E-state index is 12.7. The van der Waals surface area contributed by atoms with Gasteiger partial charge in [0.1, 0.15) is 5.82 Å². The Morgan fingerprint density at radius 3 is 2.88 bits per heavy atom. The molecule has 4 nitrogen and oxygen atoms in total. The molecule has 3 rings (SSSR count). The van der Waals surface area contributed by atoms with Crippen LogP contribution >= 0.6 is 11.6 Å². The number of aromatic nitrogens is 1. The summed E-state index contributed by atoms with van der Waals surface area (Å²) in [6.07, 6.45) is 5.14. The van der Waals surface area contributed by atoms with Crippen LogP contribution < -0.4 is 5.32 Å². The molecule has 0 aliphatic carbocycles. The normalized spacial score (nSPS) is 17.1. The van der Waals surface area contributed by atoms with Gasteiger partial charge in [-0.25, -0.2) is 4.98 Å². The zero-order valence-corrected chi connectivity index (χ0v) is 14.6. The van der Waals surface area contributed by atoms with Gasteiger partial charge < -0.3 is 10.2 Å². The van der Waals surface area contributed by atoms with Crippen molar-refractivity contribution >= 4 is 23.3 Å². The number of rotatable bonds is 5. The summed E-state index contributed by atoms with van der Waals surface area (Å²) in [5.41, 5.74) is 2.30. The largest absolute Gasteiger partial charge is 0.373 e. The molecule has 0 radical (unpaired) electrons. The van der Waals surface area contributed by atoms with Crippen LogP contribution in [0.15, 0.2) is 42.6 Å². The summed E-state index contributed by atoms with van der Waals surface area (Å²) in [6, 6.07) is 11.9. The van der Waals surface area contributed by atoms with Crippen LogP contribution in [-0.2, 0) is 11.2 Å². The highest BCUT2D eigenvalue weighted by molar-refractivity contribution is 6.30. The van der Waals surface area contributed by atoms with Gasteiger partial charge in [-0.15, -0.1) is 0 Å². The van der Waals surface area contributed by atoms with Gasteiger partial charge in [0, 0.05) is 31.2 Å². The zero-order chi connectivity index (χ0) is 16.9. The summed E-state index contributed by atoms with van der Waals surface area (Å²) >= 11 is 5.90. The summed E-state index contributed by atoms with van der Waals surface area (Å²) < 4.78 is 0. The second kappa shape index (κ2) is 7.67. The predicted molar refractivity (Wildman–Crippen MR) is 97.2 cm³/mol.